The van der Waals surface area contributed by atoms with E-state index in [2.05, 4.69) is 5.32 Å². The van der Waals surface area contributed by atoms with Gasteiger partial charge < -0.3 is 10.1 Å². The van der Waals surface area contributed by atoms with Gasteiger partial charge in [0.25, 0.3) is 0 Å². The highest BCUT2D eigenvalue weighted by molar-refractivity contribution is 6.04. The second kappa shape index (κ2) is 5.26. The zero-order chi connectivity index (χ0) is 11.3. The molecule has 0 amide bonds. The lowest BCUT2D eigenvalue weighted by atomic mass is 10.0. The highest BCUT2D eigenvalue weighted by atomic mass is 16.5. The van der Waals surface area contributed by atoms with E-state index >= 15 is 0 Å². The number of Topliss-reactive ketones (excluding diaryl/α,β-unsaturated/α-hetero) is 1. The molecule has 4 nitrogen and oxygen atoms in total. The predicted octanol–water partition coefficient (Wildman–Crippen LogP) is 0.910. The normalized spacial score (nSPS) is 9.73. The van der Waals surface area contributed by atoms with Crippen molar-refractivity contribution in [3.05, 3.63) is 29.3 Å². The fourth-order valence-electron chi connectivity index (χ4n) is 1.26. The van der Waals surface area contributed by atoms with Crippen LogP contribution in [-0.4, -0.2) is 32.8 Å². The fourth-order valence-corrected chi connectivity index (χ4v) is 1.26. The number of carbonyl (C=O) groups is 2. The van der Waals surface area contributed by atoms with Gasteiger partial charge in [-0.25, -0.2) is 0 Å². The number of hydrogen-bond donors (Lipinski definition) is 1. The van der Waals surface area contributed by atoms with Gasteiger partial charge in [0.1, 0.15) is 5.75 Å². The highest BCUT2D eigenvalue weighted by Gasteiger charge is 2.11. The number of ketones is 1. The number of nitrogens with one attached hydrogen (secondary N) is 1. The monoisotopic (exact) mass is 207 g/mol. The van der Waals surface area contributed by atoms with Gasteiger partial charge in [0, 0.05) is 11.1 Å². The Labute approximate surface area is 88.2 Å². The molecule has 0 spiro atoms. The van der Waals surface area contributed by atoms with Crippen LogP contribution in [0.3, 0.4) is 0 Å². The SMILES string of the molecule is CNCC(=O)c1cc(OC)ccc1C=O. The molecule has 80 valence electrons. The lowest BCUT2D eigenvalue weighted by Crippen LogP contribution is -2.19. The first-order valence-corrected chi connectivity index (χ1v) is 4.54. The van der Waals surface area contributed by atoms with Crippen LogP contribution in [0.15, 0.2) is 18.2 Å². The first-order chi connectivity index (χ1) is 7.22. The van der Waals surface area contributed by atoms with Crippen molar-refractivity contribution in [3.8, 4) is 5.75 Å². The lowest BCUT2D eigenvalue weighted by molar-refractivity contribution is 0.0986. The smallest absolute Gasteiger partial charge is 0.177 e. The Kier molecular flexibility index (Phi) is 4.00. The molecule has 0 unspecified atom stereocenters. The maximum Gasteiger partial charge on any atom is 0.177 e. The van der Waals surface area contributed by atoms with Crippen LogP contribution in [0.2, 0.25) is 0 Å². The van der Waals surface area contributed by atoms with Crippen LogP contribution >= 0.6 is 0 Å². The number of hydrogen-bond acceptors (Lipinski definition) is 4. The molecule has 15 heavy (non-hydrogen) atoms. The van der Waals surface area contributed by atoms with Crippen LogP contribution < -0.4 is 10.1 Å². The van der Waals surface area contributed by atoms with Crippen molar-refractivity contribution in [2.75, 3.05) is 20.7 Å². The molecule has 0 aliphatic heterocycles. The number of benzene rings is 1. The van der Waals surface area contributed by atoms with E-state index in [0.29, 0.717) is 23.2 Å². The van der Waals surface area contributed by atoms with E-state index < -0.39 is 0 Å². The lowest BCUT2D eigenvalue weighted by Gasteiger charge is -2.06. The van der Waals surface area contributed by atoms with Crippen LogP contribution in [-0.2, 0) is 0 Å². The van der Waals surface area contributed by atoms with Gasteiger partial charge in [0.05, 0.1) is 13.7 Å². The van der Waals surface area contributed by atoms with Crippen LogP contribution in [0.25, 0.3) is 0 Å². The van der Waals surface area contributed by atoms with Gasteiger partial charge in [-0.15, -0.1) is 0 Å². The van der Waals surface area contributed by atoms with E-state index in [-0.39, 0.29) is 12.3 Å². The molecule has 1 aromatic carbocycles. The summed E-state index contributed by atoms with van der Waals surface area (Å²) in [5.74, 6) is 0.443. The van der Waals surface area contributed by atoms with Gasteiger partial charge >= 0.3 is 0 Å². The van der Waals surface area contributed by atoms with E-state index in [4.69, 9.17) is 4.74 Å². The van der Waals surface area contributed by atoms with Crippen molar-refractivity contribution >= 4 is 12.1 Å². The maximum absolute atomic E-state index is 11.6. The van der Waals surface area contributed by atoms with Crippen molar-refractivity contribution in [3.63, 3.8) is 0 Å². The first-order valence-electron chi connectivity index (χ1n) is 4.54. The Balaban J connectivity index is 3.11. The summed E-state index contributed by atoms with van der Waals surface area (Å²) < 4.78 is 4.99. The Morgan fingerprint density at radius 2 is 2.27 bits per heavy atom. The summed E-state index contributed by atoms with van der Waals surface area (Å²) in [6, 6.07) is 4.80. The molecule has 0 fully saturated rings. The van der Waals surface area contributed by atoms with Crippen LogP contribution in [0.5, 0.6) is 5.75 Å². The van der Waals surface area contributed by atoms with E-state index in [1.165, 1.54) is 7.11 Å². The number of aldehydes is 1. The van der Waals surface area contributed by atoms with Gasteiger partial charge in [0.2, 0.25) is 0 Å². The Hall–Kier alpha value is -1.68. The Bertz CT molecular complexity index is 374. The van der Waals surface area contributed by atoms with Crippen molar-refractivity contribution < 1.29 is 14.3 Å². The molecule has 0 aliphatic carbocycles. The van der Waals surface area contributed by atoms with Gasteiger partial charge in [0.15, 0.2) is 12.1 Å². The van der Waals surface area contributed by atoms with E-state index in [1.807, 2.05) is 0 Å². The molecule has 1 N–H and O–H groups in total. The number of carbonyl (C=O) groups excluding carboxylic acids is 2. The number of likely N-dealkylation sites (N-methyl/N-ethyl adjacent to an activating group) is 1. The predicted molar refractivity (Wildman–Crippen MR) is 56.6 cm³/mol. The first kappa shape index (κ1) is 11.4. The Morgan fingerprint density at radius 3 is 2.80 bits per heavy atom. The topological polar surface area (TPSA) is 55.4 Å². The molecular formula is C11H13NO3. The molecule has 0 atom stereocenters. The van der Waals surface area contributed by atoms with Crippen molar-refractivity contribution in [2.24, 2.45) is 0 Å². The zero-order valence-corrected chi connectivity index (χ0v) is 8.74. The molecule has 0 saturated carbocycles. The maximum atomic E-state index is 11.6. The summed E-state index contributed by atoms with van der Waals surface area (Å²) >= 11 is 0. The van der Waals surface area contributed by atoms with Crippen molar-refractivity contribution in [2.45, 2.75) is 0 Å². The zero-order valence-electron chi connectivity index (χ0n) is 8.74. The fraction of sp³-hybridized carbons (Fsp3) is 0.273. The standard InChI is InChI=1S/C11H13NO3/c1-12-6-11(14)10-5-9(15-2)4-3-8(10)7-13/h3-5,7,12H,6H2,1-2H3. The minimum atomic E-state index is -0.126. The van der Waals surface area contributed by atoms with Gasteiger partial charge in [-0.05, 0) is 25.2 Å². The minimum Gasteiger partial charge on any atom is -0.497 e. The largest absolute Gasteiger partial charge is 0.497 e. The van der Waals surface area contributed by atoms with Crippen LogP contribution in [0, 0.1) is 0 Å². The summed E-state index contributed by atoms with van der Waals surface area (Å²) in [7, 11) is 3.20. The number of methoxy groups -OCH3 is 1. The van der Waals surface area contributed by atoms with Crippen LogP contribution in [0.1, 0.15) is 20.7 Å². The summed E-state index contributed by atoms with van der Waals surface area (Å²) in [4.78, 5) is 22.3. The molecule has 0 aliphatic rings. The Morgan fingerprint density at radius 1 is 1.53 bits per heavy atom. The summed E-state index contributed by atoms with van der Waals surface area (Å²) in [5, 5.41) is 2.75. The molecule has 1 rings (SSSR count). The third kappa shape index (κ3) is 2.63. The van der Waals surface area contributed by atoms with Crippen molar-refractivity contribution in [1.82, 2.24) is 5.32 Å². The molecule has 0 saturated heterocycles. The molecule has 0 aromatic heterocycles. The third-order valence-electron chi connectivity index (χ3n) is 2.03. The second-order valence-electron chi connectivity index (χ2n) is 3.02. The van der Waals surface area contributed by atoms with Gasteiger partial charge in [-0.2, -0.15) is 0 Å². The summed E-state index contributed by atoms with van der Waals surface area (Å²) in [6.45, 7) is 0.202. The second-order valence-corrected chi connectivity index (χ2v) is 3.02. The number of rotatable bonds is 5. The van der Waals surface area contributed by atoms with Gasteiger partial charge in [-0.1, -0.05) is 0 Å². The van der Waals surface area contributed by atoms with Gasteiger partial charge in [-0.3, -0.25) is 9.59 Å². The highest BCUT2D eigenvalue weighted by Crippen LogP contribution is 2.16. The minimum absolute atomic E-state index is 0.126. The summed E-state index contributed by atoms with van der Waals surface area (Å²) in [5.41, 5.74) is 0.773. The summed E-state index contributed by atoms with van der Waals surface area (Å²) in [6.07, 6.45) is 0.669. The average Bonchev–Trinajstić information content (AvgIpc) is 2.28. The number of ether oxygens (including phenoxy) is 1. The van der Waals surface area contributed by atoms with Crippen LogP contribution in [0.4, 0.5) is 0 Å². The molecule has 0 bridgehead atoms. The third-order valence-corrected chi connectivity index (χ3v) is 2.03. The molecule has 4 heteroatoms. The molecule has 1 aromatic rings. The average molecular weight is 207 g/mol. The quantitative estimate of drug-likeness (QED) is 0.576. The van der Waals surface area contributed by atoms with E-state index in [9.17, 15) is 9.59 Å². The molecule has 0 radical (unpaired) electrons. The molecule has 0 heterocycles. The van der Waals surface area contributed by atoms with E-state index in [1.54, 1.807) is 25.2 Å². The molecular weight excluding hydrogens is 194 g/mol. The van der Waals surface area contributed by atoms with E-state index in [0.717, 1.165) is 0 Å². The van der Waals surface area contributed by atoms with Crippen molar-refractivity contribution in [1.29, 1.82) is 0 Å².